The Morgan fingerprint density at radius 3 is 2.85 bits per heavy atom. The summed E-state index contributed by atoms with van der Waals surface area (Å²) in [5, 5.41) is 3.48. The quantitative estimate of drug-likeness (QED) is 0.554. The lowest BCUT2D eigenvalue weighted by atomic mass is 10.2. The predicted octanol–water partition coefficient (Wildman–Crippen LogP) is 4.92. The standard InChI is InChI=1S/C14H8BrIN2OS/c15-8-5-6-10(16)9(7-8)13(19)18-14-17-11-3-1-2-4-12(11)20-14/h1-7H,(H,17,18,19). The number of amides is 1. The van der Waals surface area contributed by atoms with Gasteiger partial charge in [0.2, 0.25) is 0 Å². The van der Waals surface area contributed by atoms with E-state index in [2.05, 4.69) is 48.8 Å². The molecule has 3 aromatic rings. The molecule has 0 aliphatic carbocycles. The average molecular weight is 459 g/mol. The van der Waals surface area contributed by atoms with Crippen molar-refractivity contribution in [2.45, 2.75) is 0 Å². The summed E-state index contributed by atoms with van der Waals surface area (Å²) >= 11 is 7.01. The number of aromatic nitrogens is 1. The number of nitrogens with one attached hydrogen (secondary N) is 1. The van der Waals surface area contributed by atoms with E-state index >= 15 is 0 Å². The molecule has 1 heterocycles. The predicted molar refractivity (Wildman–Crippen MR) is 94.4 cm³/mol. The van der Waals surface area contributed by atoms with E-state index in [1.807, 2.05) is 42.5 Å². The molecule has 0 saturated heterocycles. The van der Waals surface area contributed by atoms with E-state index in [0.29, 0.717) is 10.7 Å². The Hall–Kier alpha value is -0.990. The summed E-state index contributed by atoms with van der Waals surface area (Å²) < 4.78 is 2.85. The number of benzene rings is 2. The highest BCUT2D eigenvalue weighted by Gasteiger charge is 2.13. The van der Waals surface area contributed by atoms with Crippen molar-refractivity contribution in [1.29, 1.82) is 0 Å². The number of thiazole rings is 1. The minimum atomic E-state index is -0.144. The molecule has 0 aliphatic heterocycles. The molecule has 3 rings (SSSR count). The number of para-hydroxylation sites is 1. The highest BCUT2D eigenvalue weighted by molar-refractivity contribution is 14.1. The summed E-state index contributed by atoms with van der Waals surface area (Å²) in [6.07, 6.45) is 0. The maximum Gasteiger partial charge on any atom is 0.258 e. The molecule has 3 nitrogen and oxygen atoms in total. The molecule has 0 spiro atoms. The van der Waals surface area contributed by atoms with Gasteiger partial charge in [0.05, 0.1) is 15.8 Å². The van der Waals surface area contributed by atoms with Gasteiger partial charge in [0, 0.05) is 8.04 Å². The summed E-state index contributed by atoms with van der Waals surface area (Å²) in [4.78, 5) is 16.7. The Morgan fingerprint density at radius 2 is 2.05 bits per heavy atom. The molecule has 1 amide bonds. The zero-order chi connectivity index (χ0) is 14.1. The van der Waals surface area contributed by atoms with Crippen molar-refractivity contribution in [3.8, 4) is 0 Å². The molecule has 0 fully saturated rings. The van der Waals surface area contributed by atoms with Crippen LogP contribution < -0.4 is 5.32 Å². The normalized spacial score (nSPS) is 10.7. The lowest BCUT2D eigenvalue weighted by Gasteiger charge is -2.04. The van der Waals surface area contributed by atoms with Gasteiger partial charge in [-0.2, -0.15) is 0 Å². The van der Waals surface area contributed by atoms with Crippen LogP contribution in [0.3, 0.4) is 0 Å². The lowest BCUT2D eigenvalue weighted by molar-refractivity contribution is 0.102. The minimum absolute atomic E-state index is 0.144. The van der Waals surface area contributed by atoms with Gasteiger partial charge in [-0.1, -0.05) is 39.4 Å². The van der Waals surface area contributed by atoms with Crippen molar-refractivity contribution in [3.63, 3.8) is 0 Å². The molecule has 1 aromatic heterocycles. The van der Waals surface area contributed by atoms with Gasteiger partial charge in [0.15, 0.2) is 5.13 Å². The molecule has 20 heavy (non-hydrogen) atoms. The van der Waals surface area contributed by atoms with Crippen LogP contribution in [0.4, 0.5) is 5.13 Å². The van der Waals surface area contributed by atoms with Crippen molar-refractivity contribution in [1.82, 2.24) is 4.98 Å². The number of anilines is 1. The first-order chi connectivity index (χ1) is 9.63. The number of hydrogen-bond acceptors (Lipinski definition) is 3. The number of carbonyl (C=O) groups excluding carboxylic acids is 1. The fraction of sp³-hybridized carbons (Fsp3) is 0. The first kappa shape index (κ1) is 14.0. The number of rotatable bonds is 2. The molecule has 0 saturated carbocycles. The highest BCUT2D eigenvalue weighted by Crippen LogP contribution is 2.26. The van der Waals surface area contributed by atoms with Gasteiger partial charge in [-0.3, -0.25) is 10.1 Å². The fourth-order valence-corrected chi connectivity index (χ4v) is 3.56. The molecule has 0 atom stereocenters. The molecule has 1 N–H and O–H groups in total. The molecular formula is C14H8BrIN2OS. The molecule has 0 aliphatic rings. The van der Waals surface area contributed by atoms with E-state index in [4.69, 9.17) is 0 Å². The van der Waals surface area contributed by atoms with Crippen molar-refractivity contribution in [2.24, 2.45) is 0 Å². The molecule has 0 bridgehead atoms. The summed E-state index contributed by atoms with van der Waals surface area (Å²) in [7, 11) is 0. The Balaban J connectivity index is 1.90. The van der Waals surface area contributed by atoms with Crippen LogP contribution >= 0.6 is 49.9 Å². The van der Waals surface area contributed by atoms with Crippen molar-refractivity contribution >= 4 is 71.1 Å². The zero-order valence-corrected chi connectivity index (χ0v) is 14.6. The second-order valence-corrected chi connectivity index (χ2v) is 7.17. The summed E-state index contributed by atoms with van der Waals surface area (Å²) in [6.45, 7) is 0. The van der Waals surface area contributed by atoms with Crippen LogP contribution in [0.2, 0.25) is 0 Å². The first-order valence-electron chi connectivity index (χ1n) is 5.75. The third-order valence-corrected chi connectivity index (χ3v) is 5.07. The first-order valence-corrected chi connectivity index (χ1v) is 8.44. The number of nitrogens with zero attached hydrogens (tertiary/aromatic N) is 1. The summed E-state index contributed by atoms with van der Waals surface area (Å²) in [6, 6.07) is 13.4. The Morgan fingerprint density at radius 1 is 1.25 bits per heavy atom. The van der Waals surface area contributed by atoms with Crippen LogP contribution in [0.5, 0.6) is 0 Å². The molecule has 6 heteroatoms. The van der Waals surface area contributed by atoms with Crippen molar-refractivity contribution in [3.05, 3.63) is 56.1 Å². The fourth-order valence-electron chi connectivity index (χ4n) is 1.76. The van der Waals surface area contributed by atoms with Crippen LogP contribution in [-0.2, 0) is 0 Å². The average Bonchev–Trinajstić information content (AvgIpc) is 2.83. The largest absolute Gasteiger partial charge is 0.298 e. The Labute approximate surface area is 141 Å². The van der Waals surface area contributed by atoms with E-state index < -0.39 is 0 Å². The van der Waals surface area contributed by atoms with Crippen LogP contribution in [0.1, 0.15) is 10.4 Å². The number of carbonyl (C=O) groups is 1. The van der Waals surface area contributed by atoms with Gasteiger partial charge < -0.3 is 0 Å². The van der Waals surface area contributed by atoms with Crippen LogP contribution in [0.25, 0.3) is 10.2 Å². The maximum absolute atomic E-state index is 12.3. The zero-order valence-electron chi connectivity index (χ0n) is 10.1. The Bertz CT molecular complexity index is 770. The molecule has 100 valence electrons. The maximum atomic E-state index is 12.3. The van der Waals surface area contributed by atoms with Gasteiger partial charge in [-0.05, 0) is 52.9 Å². The third kappa shape index (κ3) is 2.87. The SMILES string of the molecule is O=C(Nc1nc2ccccc2s1)c1cc(Br)ccc1I. The molecule has 0 radical (unpaired) electrons. The van der Waals surface area contributed by atoms with Crippen LogP contribution in [0, 0.1) is 3.57 Å². The minimum Gasteiger partial charge on any atom is -0.298 e. The second kappa shape index (κ2) is 5.79. The second-order valence-electron chi connectivity index (χ2n) is 4.07. The van der Waals surface area contributed by atoms with E-state index in [-0.39, 0.29) is 5.91 Å². The smallest absolute Gasteiger partial charge is 0.258 e. The third-order valence-electron chi connectivity index (χ3n) is 2.69. The van der Waals surface area contributed by atoms with Crippen molar-refractivity contribution < 1.29 is 4.79 Å². The molecule has 2 aromatic carbocycles. The van der Waals surface area contributed by atoms with Crippen LogP contribution in [-0.4, -0.2) is 10.9 Å². The van der Waals surface area contributed by atoms with Crippen molar-refractivity contribution in [2.75, 3.05) is 5.32 Å². The Kier molecular flexibility index (Phi) is 4.04. The van der Waals surface area contributed by atoms with Gasteiger partial charge in [-0.15, -0.1) is 0 Å². The van der Waals surface area contributed by atoms with E-state index in [1.54, 1.807) is 0 Å². The van der Waals surface area contributed by atoms with E-state index in [9.17, 15) is 4.79 Å². The number of halogens is 2. The summed E-state index contributed by atoms with van der Waals surface area (Å²) in [5.41, 5.74) is 1.54. The number of fused-ring (bicyclic) bond motifs is 1. The van der Waals surface area contributed by atoms with Gasteiger partial charge in [0.25, 0.3) is 5.91 Å². The molecule has 0 unspecified atom stereocenters. The lowest BCUT2D eigenvalue weighted by Crippen LogP contribution is -2.13. The van der Waals surface area contributed by atoms with E-state index in [1.165, 1.54) is 11.3 Å². The van der Waals surface area contributed by atoms with Gasteiger partial charge in [0.1, 0.15) is 0 Å². The van der Waals surface area contributed by atoms with Gasteiger partial charge in [-0.25, -0.2) is 4.98 Å². The summed E-state index contributed by atoms with van der Waals surface area (Å²) in [5.74, 6) is -0.144. The topological polar surface area (TPSA) is 42.0 Å². The van der Waals surface area contributed by atoms with E-state index in [0.717, 1.165) is 18.3 Å². The van der Waals surface area contributed by atoms with Crippen LogP contribution in [0.15, 0.2) is 46.9 Å². The number of hydrogen-bond donors (Lipinski definition) is 1. The highest BCUT2D eigenvalue weighted by atomic mass is 127. The van der Waals surface area contributed by atoms with Gasteiger partial charge >= 0.3 is 0 Å². The molecular weight excluding hydrogens is 451 g/mol. The monoisotopic (exact) mass is 458 g/mol.